The Hall–Kier alpha value is -4.52. The first-order valence-electron chi connectivity index (χ1n) is 10.4. The van der Waals surface area contributed by atoms with Gasteiger partial charge < -0.3 is 24.8 Å². The van der Waals surface area contributed by atoms with Crippen LogP contribution in [0.4, 0.5) is 11.5 Å². The molecule has 0 fully saturated rings. The second-order valence-electron chi connectivity index (χ2n) is 7.16. The summed E-state index contributed by atoms with van der Waals surface area (Å²) in [6.07, 6.45) is 0.272. The van der Waals surface area contributed by atoms with E-state index in [0.29, 0.717) is 40.9 Å². The first-order chi connectivity index (χ1) is 16.4. The van der Waals surface area contributed by atoms with Crippen LogP contribution in [-0.2, 0) is 11.3 Å². The van der Waals surface area contributed by atoms with E-state index in [1.165, 1.54) is 20.3 Å². The van der Waals surface area contributed by atoms with Crippen molar-refractivity contribution >= 4 is 23.3 Å². The minimum atomic E-state index is -0.380. The Kier molecular flexibility index (Phi) is 8.07. The van der Waals surface area contributed by atoms with Crippen molar-refractivity contribution in [2.45, 2.75) is 19.9 Å². The summed E-state index contributed by atoms with van der Waals surface area (Å²) >= 11 is 0. The van der Waals surface area contributed by atoms with Crippen LogP contribution in [-0.4, -0.2) is 42.4 Å². The van der Waals surface area contributed by atoms with Gasteiger partial charge in [0, 0.05) is 11.6 Å². The molecule has 0 saturated carbocycles. The molecular weight excluding hydrogens is 438 g/mol. The minimum absolute atomic E-state index is 0.267. The van der Waals surface area contributed by atoms with Crippen molar-refractivity contribution in [1.82, 2.24) is 9.78 Å². The summed E-state index contributed by atoms with van der Waals surface area (Å²) in [5, 5.41) is 18.6. The van der Waals surface area contributed by atoms with Crippen molar-refractivity contribution in [3.8, 4) is 23.3 Å². The van der Waals surface area contributed by atoms with Crippen LogP contribution >= 0.6 is 0 Å². The molecule has 2 amide bonds. The summed E-state index contributed by atoms with van der Waals surface area (Å²) in [7, 11) is 2.96. The van der Waals surface area contributed by atoms with Gasteiger partial charge >= 0.3 is 0 Å². The number of nitriles is 1. The SMILES string of the molecule is COc1ccccc1NC(=O)COc1ccc(C(=O)Nc2cc(C)nn2CCC#N)cc1OC. The summed E-state index contributed by atoms with van der Waals surface area (Å²) in [6, 6.07) is 15.5. The van der Waals surface area contributed by atoms with E-state index in [4.69, 9.17) is 19.5 Å². The molecule has 10 nitrogen and oxygen atoms in total. The van der Waals surface area contributed by atoms with Gasteiger partial charge in [-0.05, 0) is 37.3 Å². The number of hydrogen-bond donors (Lipinski definition) is 2. The lowest BCUT2D eigenvalue weighted by molar-refractivity contribution is -0.118. The number of carbonyl (C=O) groups is 2. The van der Waals surface area contributed by atoms with Crippen LogP contribution in [0.1, 0.15) is 22.5 Å². The second kappa shape index (κ2) is 11.4. The first-order valence-corrected chi connectivity index (χ1v) is 10.4. The third-order valence-corrected chi connectivity index (χ3v) is 4.74. The molecule has 3 aromatic rings. The van der Waals surface area contributed by atoms with E-state index in [1.54, 1.807) is 54.1 Å². The zero-order chi connectivity index (χ0) is 24.5. The van der Waals surface area contributed by atoms with Gasteiger partial charge in [0.25, 0.3) is 11.8 Å². The van der Waals surface area contributed by atoms with Crippen molar-refractivity contribution < 1.29 is 23.8 Å². The molecule has 0 unspecified atom stereocenters. The molecule has 0 saturated heterocycles. The van der Waals surface area contributed by atoms with Gasteiger partial charge in [-0.2, -0.15) is 10.4 Å². The third kappa shape index (κ3) is 6.04. The zero-order valence-corrected chi connectivity index (χ0v) is 19.1. The van der Waals surface area contributed by atoms with Crippen molar-refractivity contribution in [1.29, 1.82) is 5.26 Å². The molecule has 1 heterocycles. The molecule has 0 atom stereocenters. The average Bonchev–Trinajstić information content (AvgIpc) is 3.20. The van der Waals surface area contributed by atoms with Crippen LogP contribution in [0.5, 0.6) is 17.2 Å². The largest absolute Gasteiger partial charge is 0.495 e. The highest BCUT2D eigenvalue weighted by Gasteiger charge is 2.15. The molecule has 176 valence electrons. The van der Waals surface area contributed by atoms with Gasteiger partial charge in [-0.15, -0.1) is 0 Å². The molecule has 0 bridgehead atoms. The van der Waals surface area contributed by atoms with Gasteiger partial charge in [0.2, 0.25) is 0 Å². The molecule has 0 aliphatic heterocycles. The molecule has 34 heavy (non-hydrogen) atoms. The van der Waals surface area contributed by atoms with E-state index >= 15 is 0 Å². The number of ether oxygens (including phenoxy) is 3. The predicted molar refractivity (Wildman–Crippen MR) is 125 cm³/mol. The number of hydrogen-bond acceptors (Lipinski definition) is 7. The molecule has 0 spiro atoms. The van der Waals surface area contributed by atoms with Crippen LogP contribution in [0.3, 0.4) is 0 Å². The molecule has 1 aromatic heterocycles. The number of para-hydroxylation sites is 2. The van der Waals surface area contributed by atoms with E-state index in [2.05, 4.69) is 21.8 Å². The molecule has 2 N–H and O–H groups in total. The Morgan fingerprint density at radius 2 is 1.79 bits per heavy atom. The first kappa shape index (κ1) is 24.1. The third-order valence-electron chi connectivity index (χ3n) is 4.74. The summed E-state index contributed by atoms with van der Waals surface area (Å²) in [5.74, 6) is 0.875. The maximum atomic E-state index is 12.8. The Labute approximate surface area is 197 Å². The molecule has 0 radical (unpaired) electrons. The topological polar surface area (TPSA) is 127 Å². The monoisotopic (exact) mass is 463 g/mol. The van der Waals surface area contributed by atoms with E-state index in [1.807, 2.05) is 0 Å². The van der Waals surface area contributed by atoms with Crippen molar-refractivity contribution in [3.63, 3.8) is 0 Å². The number of aryl methyl sites for hydroxylation is 2. The summed E-state index contributed by atoms with van der Waals surface area (Å²) in [4.78, 5) is 25.1. The number of methoxy groups -OCH3 is 2. The Morgan fingerprint density at radius 1 is 1.03 bits per heavy atom. The number of rotatable bonds is 10. The molecule has 3 rings (SSSR count). The number of anilines is 2. The molecule has 10 heteroatoms. The maximum absolute atomic E-state index is 12.8. The zero-order valence-electron chi connectivity index (χ0n) is 19.1. The highest BCUT2D eigenvalue weighted by atomic mass is 16.5. The minimum Gasteiger partial charge on any atom is -0.495 e. The molecular formula is C24H25N5O5. The molecule has 2 aromatic carbocycles. The van der Waals surface area contributed by atoms with Gasteiger partial charge in [-0.1, -0.05) is 12.1 Å². The highest BCUT2D eigenvalue weighted by Crippen LogP contribution is 2.29. The number of nitrogens with one attached hydrogen (secondary N) is 2. The van der Waals surface area contributed by atoms with Gasteiger partial charge in [-0.25, -0.2) is 4.68 Å². The van der Waals surface area contributed by atoms with E-state index < -0.39 is 0 Å². The van der Waals surface area contributed by atoms with Crippen LogP contribution in [0.2, 0.25) is 0 Å². The fourth-order valence-corrected chi connectivity index (χ4v) is 3.17. The van der Waals surface area contributed by atoms with Crippen molar-refractivity contribution in [2.24, 2.45) is 0 Å². The van der Waals surface area contributed by atoms with Crippen LogP contribution in [0.25, 0.3) is 0 Å². The fourth-order valence-electron chi connectivity index (χ4n) is 3.17. The van der Waals surface area contributed by atoms with Gasteiger partial charge in [0.1, 0.15) is 11.6 Å². The lowest BCUT2D eigenvalue weighted by atomic mass is 10.2. The van der Waals surface area contributed by atoms with Gasteiger partial charge in [-0.3, -0.25) is 9.59 Å². The predicted octanol–water partition coefficient (Wildman–Crippen LogP) is 3.39. The molecule has 0 aliphatic carbocycles. The van der Waals surface area contributed by atoms with E-state index in [0.717, 1.165) is 5.69 Å². The van der Waals surface area contributed by atoms with Crippen LogP contribution in [0.15, 0.2) is 48.5 Å². The quantitative estimate of drug-likeness (QED) is 0.472. The summed E-state index contributed by atoms with van der Waals surface area (Å²) in [6.45, 7) is 1.90. The number of nitrogens with zero attached hydrogens (tertiary/aromatic N) is 3. The Balaban J connectivity index is 1.65. The van der Waals surface area contributed by atoms with E-state index in [-0.39, 0.29) is 24.8 Å². The van der Waals surface area contributed by atoms with Gasteiger partial charge in [0.15, 0.2) is 18.1 Å². The maximum Gasteiger partial charge on any atom is 0.262 e. The lowest BCUT2D eigenvalue weighted by Gasteiger charge is -2.13. The number of aromatic nitrogens is 2. The van der Waals surface area contributed by atoms with E-state index in [9.17, 15) is 9.59 Å². The van der Waals surface area contributed by atoms with Gasteiger partial charge in [0.05, 0.1) is 44.6 Å². The fraction of sp³-hybridized carbons (Fsp3) is 0.250. The Morgan fingerprint density at radius 3 is 2.53 bits per heavy atom. The second-order valence-corrected chi connectivity index (χ2v) is 7.16. The lowest BCUT2D eigenvalue weighted by Crippen LogP contribution is -2.21. The standard InChI is InChI=1S/C24H25N5O5/c1-16-13-22(29(28-16)12-6-11-25)27-24(31)17-9-10-20(21(14-17)33-3)34-15-23(30)26-18-7-4-5-8-19(18)32-2/h4-5,7-10,13-14H,6,12,15H2,1-3H3,(H,26,30)(H,27,31). The smallest absolute Gasteiger partial charge is 0.262 e. The average molecular weight is 463 g/mol. The number of amides is 2. The van der Waals surface area contributed by atoms with Crippen molar-refractivity contribution in [3.05, 3.63) is 59.8 Å². The molecule has 0 aliphatic rings. The summed E-state index contributed by atoms with van der Waals surface area (Å²) in [5.41, 5.74) is 1.58. The van der Waals surface area contributed by atoms with Crippen molar-refractivity contribution in [2.75, 3.05) is 31.5 Å². The van der Waals surface area contributed by atoms with Crippen LogP contribution in [0, 0.1) is 18.3 Å². The number of carbonyl (C=O) groups excluding carboxylic acids is 2. The van der Waals surface area contributed by atoms with Crippen LogP contribution < -0.4 is 24.8 Å². The number of benzene rings is 2. The highest BCUT2D eigenvalue weighted by molar-refractivity contribution is 6.04. The Bertz CT molecular complexity index is 1210. The summed E-state index contributed by atoms with van der Waals surface area (Å²) < 4.78 is 17.7. The normalized spacial score (nSPS) is 10.2.